The van der Waals surface area contributed by atoms with E-state index in [2.05, 4.69) is 34.6 Å². The van der Waals surface area contributed by atoms with Crippen molar-refractivity contribution in [3.8, 4) is 0 Å². The molecule has 3 fully saturated rings. The molecule has 3 aliphatic carbocycles. The third-order valence-electron chi connectivity index (χ3n) is 6.97. The van der Waals surface area contributed by atoms with Crippen LogP contribution >= 0.6 is 0 Å². The van der Waals surface area contributed by atoms with Gasteiger partial charge in [-0.15, -0.1) is 0 Å². The molecule has 124 valence electrons. The van der Waals surface area contributed by atoms with Gasteiger partial charge in [-0.2, -0.15) is 0 Å². The number of Topliss-reactive ketones (excluding diaryl/α,β-unsaturated/α-hetero) is 1. The summed E-state index contributed by atoms with van der Waals surface area (Å²) in [4.78, 5) is 25.4. The second-order valence-electron chi connectivity index (χ2n) is 8.81. The molecule has 0 spiro atoms. The van der Waals surface area contributed by atoms with Crippen LogP contribution in [0.4, 0.5) is 0 Å². The number of hydrogen-bond acceptors (Lipinski definition) is 3. The minimum Gasteiger partial charge on any atom is -0.461 e. The molecule has 3 heteroatoms. The molecule has 0 heterocycles. The minimum absolute atomic E-state index is 0.00363. The van der Waals surface area contributed by atoms with E-state index in [4.69, 9.17) is 4.74 Å². The summed E-state index contributed by atoms with van der Waals surface area (Å²) in [6, 6.07) is 0. The van der Waals surface area contributed by atoms with Gasteiger partial charge in [0.05, 0.1) is 0 Å². The highest BCUT2D eigenvalue weighted by Crippen LogP contribution is 2.75. The summed E-state index contributed by atoms with van der Waals surface area (Å²) in [5.74, 6) is 1.68. The average Bonchev–Trinajstić information content (AvgIpc) is 2.72. The van der Waals surface area contributed by atoms with E-state index in [1.807, 2.05) is 0 Å². The molecular weight excluding hydrogens is 276 g/mol. The predicted octanol–water partition coefficient (Wildman–Crippen LogP) is 4.00. The Morgan fingerprint density at radius 2 is 1.91 bits per heavy atom. The van der Waals surface area contributed by atoms with Gasteiger partial charge in [-0.25, -0.2) is 0 Å². The summed E-state index contributed by atoms with van der Waals surface area (Å²) in [6.45, 7) is 10.8. The number of carbonyl (C=O) groups is 2. The third-order valence-corrected chi connectivity index (χ3v) is 6.97. The molecule has 0 bridgehead atoms. The number of ketones is 1. The first-order valence-corrected chi connectivity index (χ1v) is 8.97. The van der Waals surface area contributed by atoms with Crippen LogP contribution in [0.2, 0.25) is 0 Å². The highest BCUT2D eigenvalue weighted by molar-refractivity contribution is 6.10. The zero-order valence-corrected chi connectivity index (χ0v) is 14.6. The third kappa shape index (κ3) is 2.00. The molecular formula is C19H30O3. The van der Waals surface area contributed by atoms with Crippen LogP contribution < -0.4 is 0 Å². The van der Waals surface area contributed by atoms with E-state index in [0.717, 1.165) is 19.3 Å². The SMILES string of the molecule is CC(C)[C@@H]1CC[C@H](C)C[C@H]1OC(=O)[C@@]12C(=O)CC[C@@H]1C2(C)C. The zero-order chi connectivity index (χ0) is 16.3. The Bertz CT molecular complexity index is 493. The van der Waals surface area contributed by atoms with Gasteiger partial charge in [0.1, 0.15) is 11.5 Å². The number of fused-ring (bicyclic) bond motifs is 1. The Balaban J connectivity index is 1.77. The molecule has 0 amide bonds. The van der Waals surface area contributed by atoms with Crippen LogP contribution in [-0.2, 0) is 14.3 Å². The van der Waals surface area contributed by atoms with Crippen molar-refractivity contribution in [3.63, 3.8) is 0 Å². The molecule has 5 atom stereocenters. The summed E-state index contributed by atoms with van der Waals surface area (Å²) < 4.78 is 6.01. The first kappa shape index (κ1) is 16.0. The molecule has 0 aromatic rings. The van der Waals surface area contributed by atoms with Gasteiger partial charge in [-0.05, 0) is 48.3 Å². The van der Waals surface area contributed by atoms with Crippen LogP contribution in [0, 0.1) is 34.5 Å². The minimum atomic E-state index is -0.810. The quantitative estimate of drug-likeness (QED) is 0.585. The molecule has 3 rings (SSSR count). The monoisotopic (exact) mass is 306 g/mol. The first-order chi connectivity index (χ1) is 10.2. The van der Waals surface area contributed by atoms with Crippen molar-refractivity contribution in [2.45, 2.75) is 72.8 Å². The lowest BCUT2D eigenvalue weighted by molar-refractivity contribution is -0.166. The molecule has 0 aromatic heterocycles. The van der Waals surface area contributed by atoms with E-state index >= 15 is 0 Å². The van der Waals surface area contributed by atoms with E-state index in [0.29, 0.717) is 24.2 Å². The fourth-order valence-electron chi connectivity index (χ4n) is 5.47. The maximum Gasteiger partial charge on any atom is 0.320 e. The zero-order valence-electron chi connectivity index (χ0n) is 14.6. The Morgan fingerprint density at radius 1 is 1.23 bits per heavy atom. The second-order valence-corrected chi connectivity index (χ2v) is 8.81. The molecule has 0 radical (unpaired) electrons. The smallest absolute Gasteiger partial charge is 0.320 e. The maximum atomic E-state index is 12.9. The van der Waals surface area contributed by atoms with Gasteiger partial charge in [0, 0.05) is 6.42 Å². The molecule has 0 aliphatic heterocycles. The Labute approximate surface area is 134 Å². The van der Waals surface area contributed by atoms with Gasteiger partial charge in [-0.1, -0.05) is 41.0 Å². The number of hydrogen-bond donors (Lipinski definition) is 0. The fourth-order valence-corrected chi connectivity index (χ4v) is 5.47. The second kappa shape index (κ2) is 5.07. The van der Waals surface area contributed by atoms with E-state index < -0.39 is 5.41 Å². The lowest BCUT2D eigenvalue weighted by Gasteiger charge is -2.37. The Hall–Kier alpha value is -0.860. The van der Waals surface area contributed by atoms with Crippen LogP contribution in [0.25, 0.3) is 0 Å². The molecule has 3 aliphatic rings. The van der Waals surface area contributed by atoms with Crippen molar-refractivity contribution in [2.24, 2.45) is 34.5 Å². The normalized spacial score (nSPS) is 43.1. The summed E-state index contributed by atoms with van der Waals surface area (Å²) >= 11 is 0. The number of esters is 1. The van der Waals surface area contributed by atoms with E-state index in [9.17, 15) is 9.59 Å². The van der Waals surface area contributed by atoms with Crippen molar-refractivity contribution < 1.29 is 14.3 Å². The van der Waals surface area contributed by atoms with E-state index in [1.165, 1.54) is 6.42 Å². The van der Waals surface area contributed by atoms with Gasteiger partial charge >= 0.3 is 5.97 Å². The van der Waals surface area contributed by atoms with Gasteiger partial charge in [0.2, 0.25) is 0 Å². The summed E-state index contributed by atoms with van der Waals surface area (Å²) in [7, 11) is 0. The largest absolute Gasteiger partial charge is 0.461 e. The standard InChI is InChI=1S/C19H30O3/c1-11(2)13-7-6-12(3)10-14(13)22-17(21)19-15(18(19,4)5)8-9-16(19)20/h11-15H,6-10H2,1-5H3/t12-,13-,14+,15+,19-/m0/s1. The molecule has 0 saturated heterocycles. The van der Waals surface area contributed by atoms with Crippen LogP contribution in [0.15, 0.2) is 0 Å². The maximum absolute atomic E-state index is 12.9. The van der Waals surface area contributed by atoms with Gasteiger partial charge < -0.3 is 4.74 Å². The number of ether oxygens (including phenoxy) is 1. The average molecular weight is 306 g/mol. The van der Waals surface area contributed by atoms with Crippen molar-refractivity contribution in [1.29, 1.82) is 0 Å². The summed E-state index contributed by atoms with van der Waals surface area (Å²) in [5, 5.41) is 0. The molecule has 22 heavy (non-hydrogen) atoms. The Kier molecular flexibility index (Phi) is 3.69. The highest BCUT2D eigenvalue weighted by atomic mass is 16.5. The van der Waals surface area contributed by atoms with Crippen LogP contribution in [0.5, 0.6) is 0 Å². The number of rotatable bonds is 3. The molecule has 3 nitrogen and oxygen atoms in total. The van der Waals surface area contributed by atoms with Crippen molar-refractivity contribution in [2.75, 3.05) is 0 Å². The van der Waals surface area contributed by atoms with Crippen LogP contribution in [0.1, 0.15) is 66.7 Å². The lowest BCUT2D eigenvalue weighted by atomic mass is 9.75. The van der Waals surface area contributed by atoms with Gasteiger partial charge in [0.15, 0.2) is 5.78 Å². The molecule has 0 aromatic carbocycles. The fraction of sp³-hybridized carbons (Fsp3) is 0.895. The molecule has 3 saturated carbocycles. The van der Waals surface area contributed by atoms with Gasteiger partial charge in [0.25, 0.3) is 0 Å². The molecule has 0 N–H and O–H groups in total. The van der Waals surface area contributed by atoms with Gasteiger partial charge in [-0.3, -0.25) is 9.59 Å². The van der Waals surface area contributed by atoms with Crippen LogP contribution in [0.3, 0.4) is 0 Å². The van der Waals surface area contributed by atoms with E-state index in [-0.39, 0.29) is 29.2 Å². The molecule has 0 unspecified atom stereocenters. The lowest BCUT2D eigenvalue weighted by Crippen LogP contribution is -2.40. The Morgan fingerprint density at radius 3 is 2.45 bits per heavy atom. The summed E-state index contributed by atoms with van der Waals surface area (Å²) in [6.07, 6.45) is 4.70. The highest BCUT2D eigenvalue weighted by Gasteiger charge is 2.82. The predicted molar refractivity (Wildman–Crippen MR) is 85.2 cm³/mol. The first-order valence-electron chi connectivity index (χ1n) is 8.97. The van der Waals surface area contributed by atoms with Crippen molar-refractivity contribution in [3.05, 3.63) is 0 Å². The van der Waals surface area contributed by atoms with Crippen molar-refractivity contribution >= 4 is 11.8 Å². The summed E-state index contributed by atoms with van der Waals surface area (Å²) in [5.41, 5.74) is -1.01. The van der Waals surface area contributed by atoms with Crippen LogP contribution in [-0.4, -0.2) is 17.9 Å². The van der Waals surface area contributed by atoms with Crippen molar-refractivity contribution in [1.82, 2.24) is 0 Å². The topological polar surface area (TPSA) is 43.4 Å². The van der Waals surface area contributed by atoms with E-state index in [1.54, 1.807) is 0 Å². The number of carbonyl (C=O) groups excluding carboxylic acids is 2.